The first kappa shape index (κ1) is 14.8. The zero-order valence-corrected chi connectivity index (χ0v) is 12.9. The molecule has 4 rings (SSSR count). The zero-order chi connectivity index (χ0) is 16.1. The average Bonchev–Trinajstić information content (AvgIpc) is 3.20. The number of methoxy groups -OCH3 is 1. The fourth-order valence-electron chi connectivity index (χ4n) is 3.93. The predicted octanol–water partition coefficient (Wildman–Crippen LogP) is 1.52. The van der Waals surface area contributed by atoms with Crippen LogP contribution in [-0.2, 0) is 4.74 Å². The van der Waals surface area contributed by atoms with Gasteiger partial charge in [0.1, 0.15) is 17.2 Å². The smallest absolute Gasteiger partial charge is 0.207 e. The number of allylic oxidation sites excluding steroid dienone is 1. The highest BCUT2D eigenvalue weighted by molar-refractivity contribution is 5.82. The maximum atomic E-state index is 10.9. The second-order valence-electron chi connectivity index (χ2n) is 6.18. The Balaban J connectivity index is 1.91. The van der Waals surface area contributed by atoms with Crippen LogP contribution in [0.2, 0.25) is 0 Å². The van der Waals surface area contributed by atoms with Crippen LogP contribution in [0.15, 0.2) is 11.6 Å². The molecule has 6 heteroatoms. The molecule has 1 fully saturated rings. The van der Waals surface area contributed by atoms with Crippen molar-refractivity contribution >= 4 is 5.57 Å². The van der Waals surface area contributed by atoms with E-state index in [0.29, 0.717) is 42.1 Å². The summed E-state index contributed by atoms with van der Waals surface area (Å²) < 4.78 is 16.8. The Morgan fingerprint density at radius 1 is 1.35 bits per heavy atom. The van der Waals surface area contributed by atoms with Gasteiger partial charge in [-0.05, 0) is 30.4 Å². The van der Waals surface area contributed by atoms with E-state index in [9.17, 15) is 15.3 Å². The van der Waals surface area contributed by atoms with E-state index in [1.54, 1.807) is 6.07 Å². The third-order valence-electron chi connectivity index (χ3n) is 5.07. The van der Waals surface area contributed by atoms with Crippen LogP contribution in [0.25, 0.3) is 5.57 Å². The maximum Gasteiger partial charge on any atom is 0.207 e. The number of aliphatic hydroxyl groups excluding tert-OH is 2. The average molecular weight is 320 g/mol. The number of aromatic hydroxyl groups is 1. The third-order valence-corrected chi connectivity index (χ3v) is 5.07. The first-order valence-corrected chi connectivity index (χ1v) is 7.89. The molecule has 1 aromatic carbocycles. The second kappa shape index (κ2) is 5.40. The van der Waals surface area contributed by atoms with Crippen molar-refractivity contribution in [2.45, 2.75) is 37.6 Å². The number of aliphatic hydroxyl groups is 2. The summed E-state index contributed by atoms with van der Waals surface area (Å²) in [5, 5.41) is 30.5. The van der Waals surface area contributed by atoms with Gasteiger partial charge in [0, 0.05) is 11.6 Å². The van der Waals surface area contributed by atoms with Gasteiger partial charge < -0.3 is 29.5 Å². The van der Waals surface area contributed by atoms with E-state index >= 15 is 0 Å². The van der Waals surface area contributed by atoms with Crippen LogP contribution < -0.4 is 9.47 Å². The molecule has 0 spiro atoms. The van der Waals surface area contributed by atoms with Gasteiger partial charge in [-0.15, -0.1) is 0 Å². The number of ether oxygens (including phenoxy) is 3. The van der Waals surface area contributed by atoms with Crippen molar-refractivity contribution in [2.24, 2.45) is 0 Å². The molecule has 3 aliphatic rings. The van der Waals surface area contributed by atoms with Crippen molar-refractivity contribution in [3.63, 3.8) is 0 Å². The number of hydrogen-bond acceptors (Lipinski definition) is 6. The molecule has 0 saturated carbocycles. The summed E-state index contributed by atoms with van der Waals surface area (Å²) in [5.74, 6) is 1.20. The Hall–Kier alpha value is -1.76. The Morgan fingerprint density at radius 3 is 2.91 bits per heavy atom. The summed E-state index contributed by atoms with van der Waals surface area (Å²) in [7, 11) is 1.53. The summed E-state index contributed by atoms with van der Waals surface area (Å²) in [4.78, 5) is 0. The number of phenolic OH excluding ortho intramolecular Hbond substituents is 1. The molecule has 124 valence electrons. The summed E-state index contributed by atoms with van der Waals surface area (Å²) in [6, 6.07) is 1.76. The molecule has 6 nitrogen and oxygen atoms in total. The van der Waals surface area contributed by atoms with Crippen LogP contribution in [0.5, 0.6) is 17.2 Å². The van der Waals surface area contributed by atoms with Crippen LogP contribution in [0, 0.1) is 0 Å². The number of rotatable bonds is 3. The van der Waals surface area contributed by atoms with Gasteiger partial charge in [0.2, 0.25) is 6.29 Å². The normalized spacial score (nSPS) is 28.7. The molecule has 1 aromatic rings. The van der Waals surface area contributed by atoms with Gasteiger partial charge in [0.25, 0.3) is 0 Å². The number of phenols is 1. The van der Waals surface area contributed by atoms with Crippen LogP contribution in [0.1, 0.15) is 36.3 Å². The highest BCUT2D eigenvalue weighted by atomic mass is 16.7. The standard InChI is InChI=1S/C17H20O6/c1-21-12-6-13-15(9-4-5-22-17(9)23-13)16(20)14(12)8-2-3-11(19)10(8)7-18/h6,9,11,17-20H,2-5,7H2,1H3/t9-,11?,17+/m0/s1. The van der Waals surface area contributed by atoms with Gasteiger partial charge in [0.05, 0.1) is 37.9 Å². The fourth-order valence-corrected chi connectivity index (χ4v) is 3.93. The Bertz CT molecular complexity index is 680. The van der Waals surface area contributed by atoms with E-state index in [2.05, 4.69) is 0 Å². The first-order chi connectivity index (χ1) is 11.2. The lowest BCUT2D eigenvalue weighted by Crippen LogP contribution is -2.13. The number of benzene rings is 1. The fraction of sp³-hybridized carbons (Fsp3) is 0.529. The number of fused-ring (bicyclic) bond motifs is 3. The highest BCUT2D eigenvalue weighted by Gasteiger charge is 2.43. The second-order valence-corrected chi connectivity index (χ2v) is 6.18. The SMILES string of the molecule is COc1cc2c(c(O)c1C1=C(CO)C(O)CC1)[C@@H]1CCO[C@@H]1O2. The van der Waals surface area contributed by atoms with Gasteiger partial charge in [-0.1, -0.05) is 0 Å². The van der Waals surface area contributed by atoms with Crippen molar-refractivity contribution in [3.8, 4) is 17.2 Å². The van der Waals surface area contributed by atoms with E-state index in [-0.39, 0.29) is 24.6 Å². The van der Waals surface area contributed by atoms with E-state index in [4.69, 9.17) is 14.2 Å². The minimum atomic E-state index is -0.675. The van der Waals surface area contributed by atoms with E-state index in [1.807, 2.05) is 0 Å². The minimum Gasteiger partial charge on any atom is -0.507 e. The summed E-state index contributed by atoms with van der Waals surface area (Å²) in [6.45, 7) is 0.376. The van der Waals surface area contributed by atoms with Crippen molar-refractivity contribution in [3.05, 3.63) is 22.8 Å². The van der Waals surface area contributed by atoms with Gasteiger partial charge in [-0.2, -0.15) is 0 Å². The molecule has 0 radical (unpaired) electrons. The zero-order valence-electron chi connectivity index (χ0n) is 12.9. The van der Waals surface area contributed by atoms with Crippen LogP contribution in [-0.4, -0.2) is 48.0 Å². The van der Waals surface area contributed by atoms with Crippen LogP contribution in [0.4, 0.5) is 0 Å². The molecule has 2 aliphatic heterocycles. The Morgan fingerprint density at radius 2 is 2.17 bits per heavy atom. The summed E-state index contributed by atoms with van der Waals surface area (Å²) >= 11 is 0. The molecule has 1 unspecified atom stereocenters. The van der Waals surface area contributed by atoms with Gasteiger partial charge in [-0.3, -0.25) is 0 Å². The lowest BCUT2D eigenvalue weighted by atomic mass is 9.91. The topological polar surface area (TPSA) is 88.4 Å². The van der Waals surface area contributed by atoms with E-state index < -0.39 is 6.10 Å². The maximum absolute atomic E-state index is 10.9. The Kier molecular flexibility index (Phi) is 3.48. The molecule has 3 N–H and O–H groups in total. The number of hydrogen-bond donors (Lipinski definition) is 3. The van der Waals surface area contributed by atoms with Crippen LogP contribution >= 0.6 is 0 Å². The molecule has 23 heavy (non-hydrogen) atoms. The molecule has 1 aliphatic carbocycles. The van der Waals surface area contributed by atoms with Crippen molar-refractivity contribution in [1.82, 2.24) is 0 Å². The third kappa shape index (κ3) is 2.06. The van der Waals surface area contributed by atoms with Crippen LogP contribution in [0.3, 0.4) is 0 Å². The molecule has 0 amide bonds. The summed E-state index contributed by atoms with van der Waals surface area (Å²) in [6.07, 6.45) is 0.898. The molecule has 1 saturated heterocycles. The minimum absolute atomic E-state index is 0.0131. The predicted molar refractivity (Wildman–Crippen MR) is 81.6 cm³/mol. The lowest BCUT2D eigenvalue weighted by molar-refractivity contribution is -0.0338. The van der Waals surface area contributed by atoms with Gasteiger partial charge in [0.15, 0.2) is 0 Å². The largest absolute Gasteiger partial charge is 0.507 e. The monoisotopic (exact) mass is 320 g/mol. The van der Waals surface area contributed by atoms with Crippen molar-refractivity contribution in [2.75, 3.05) is 20.3 Å². The quantitative estimate of drug-likeness (QED) is 0.783. The van der Waals surface area contributed by atoms with Gasteiger partial charge >= 0.3 is 0 Å². The first-order valence-electron chi connectivity index (χ1n) is 7.89. The molecule has 2 heterocycles. The lowest BCUT2D eigenvalue weighted by Gasteiger charge is -2.17. The highest BCUT2D eigenvalue weighted by Crippen LogP contribution is 2.54. The van der Waals surface area contributed by atoms with E-state index in [0.717, 1.165) is 17.6 Å². The molecule has 0 aromatic heterocycles. The molecular weight excluding hydrogens is 300 g/mol. The summed E-state index contributed by atoms with van der Waals surface area (Å²) in [5.41, 5.74) is 2.62. The van der Waals surface area contributed by atoms with E-state index in [1.165, 1.54) is 7.11 Å². The van der Waals surface area contributed by atoms with Gasteiger partial charge in [-0.25, -0.2) is 0 Å². The van der Waals surface area contributed by atoms with Crippen molar-refractivity contribution in [1.29, 1.82) is 0 Å². The molecule has 3 atom stereocenters. The Labute approximate surface area is 133 Å². The molecular formula is C17H20O6. The molecule has 0 bridgehead atoms. The van der Waals surface area contributed by atoms with Crippen molar-refractivity contribution < 1.29 is 29.5 Å².